The third kappa shape index (κ3) is 4.97. The van der Waals surface area contributed by atoms with Gasteiger partial charge in [0.05, 0.1) is 42.2 Å². The Balaban J connectivity index is 1.27. The molecule has 3 aromatic heterocycles. The first-order valence-electron chi connectivity index (χ1n) is 14.9. The molecule has 2 N–H and O–H groups in total. The van der Waals surface area contributed by atoms with Crippen LogP contribution in [0.5, 0.6) is 5.75 Å². The summed E-state index contributed by atoms with van der Waals surface area (Å²) in [4.78, 5) is 38.5. The summed E-state index contributed by atoms with van der Waals surface area (Å²) < 4.78 is 28.8. The Morgan fingerprint density at radius 3 is 2.79 bits per heavy atom. The summed E-state index contributed by atoms with van der Waals surface area (Å²) in [5, 5.41) is 1.05. The van der Waals surface area contributed by atoms with Crippen molar-refractivity contribution in [2.75, 3.05) is 40.0 Å². The zero-order valence-electron chi connectivity index (χ0n) is 24.5. The Labute approximate surface area is 248 Å². The van der Waals surface area contributed by atoms with Crippen LogP contribution in [0.1, 0.15) is 35.3 Å². The van der Waals surface area contributed by atoms with Crippen LogP contribution in [0, 0.1) is 5.92 Å². The molecular formula is C31H36FN7O4. The van der Waals surface area contributed by atoms with Gasteiger partial charge in [0.2, 0.25) is 0 Å². The van der Waals surface area contributed by atoms with Gasteiger partial charge >= 0.3 is 6.09 Å². The van der Waals surface area contributed by atoms with Crippen LogP contribution in [0.3, 0.4) is 0 Å². The van der Waals surface area contributed by atoms with Gasteiger partial charge in [-0.25, -0.2) is 19.2 Å². The maximum atomic E-state index is 13.3. The van der Waals surface area contributed by atoms with Gasteiger partial charge in [-0.2, -0.15) is 0 Å². The number of ether oxygens (including phenoxy) is 2. The number of carbonyl (C=O) groups excluding carboxylic acids is 2. The molecule has 0 spiro atoms. The minimum atomic E-state index is -0.702. The predicted octanol–water partition coefficient (Wildman–Crippen LogP) is 3.51. The highest BCUT2D eigenvalue weighted by Gasteiger charge is 2.32. The number of para-hydroxylation sites is 1. The van der Waals surface area contributed by atoms with Crippen LogP contribution in [-0.2, 0) is 24.8 Å². The fraction of sp³-hybridized carbons (Fsp3) is 0.484. The van der Waals surface area contributed by atoms with E-state index < -0.39 is 12.7 Å². The molecule has 5 heterocycles. The number of hydrogen-bond donors (Lipinski definition) is 1. The molecule has 3 aliphatic rings. The molecule has 11 nitrogen and oxygen atoms in total. The van der Waals surface area contributed by atoms with Crippen molar-refractivity contribution in [3.05, 3.63) is 41.6 Å². The van der Waals surface area contributed by atoms with Crippen LogP contribution < -0.4 is 10.5 Å². The highest BCUT2D eigenvalue weighted by molar-refractivity contribution is 5.99. The Kier molecular flexibility index (Phi) is 6.95. The number of halogens is 1. The van der Waals surface area contributed by atoms with Gasteiger partial charge < -0.3 is 34.1 Å². The van der Waals surface area contributed by atoms with Crippen LogP contribution in [0.15, 0.2) is 30.3 Å². The molecule has 1 saturated heterocycles. The third-order valence-corrected chi connectivity index (χ3v) is 8.83. The van der Waals surface area contributed by atoms with Crippen molar-refractivity contribution in [3.8, 4) is 17.3 Å². The quantitative estimate of drug-likeness (QED) is 0.334. The van der Waals surface area contributed by atoms with Gasteiger partial charge in [0.15, 0.2) is 11.5 Å². The largest absolute Gasteiger partial charge is 0.486 e. The number of imidazole rings is 1. The molecule has 2 fully saturated rings. The van der Waals surface area contributed by atoms with Gasteiger partial charge in [-0.3, -0.25) is 4.79 Å². The number of carbonyl (C=O) groups is 2. The van der Waals surface area contributed by atoms with Crippen molar-refractivity contribution in [1.29, 1.82) is 0 Å². The lowest BCUT2D eigenvalue weighted by Gasteiger charge is -2.29. The highest BCUT2D eigenvalue weighted by atomic mass is 19.1. The second-order valence-electron chi connectivity index (χ2n) is 12.0. The Hall–Kier alpha value is -4.19. The zero-order valence-corrected chi connectivity index (χ0v) is 24.5. The number of nitrogens with two attached hydrogens (primary N) is 1. The molecule has 1 aromatic carbocycles. The number of hydrogen-bond acceptors (Lipinski definition) is 7. The molecule has 2 aliphatic heterocycles. The van der Waals surface area contributed by atoms with Crippen LogP contribution in [0.4, 0.5) is 9.18 Å². The first-order chi connectivity index (χ1) is 20.8. The number of amides is 2. The average Bonchev–Trinajstić information content (AvgIpc) is 3.44. The summed E-state index contributed by atoms with van der Waals surface area (Å²) in [5.74, 6) is 1.94. The van der Waals surface area contributed by atoms with Crippen LogP contribution in [-0.4, -0.2) is 93.0 Å². The van der Waals surface area contributed by atoms with Gasteiger partial charge in [-0.1, -0.05) is 12.1 Å². The third-order valence-electron chi connectivity index (χ3n) is 8.83. The van der Waals surface area contributed by atoms with Crippen molar-refractivity contribution in [1.82, 2.24) is 28.9 Å². The summed E-state index contributed by atoms with van der Waals surface area (Å²) in [7, 11) is 3.35. The number of benzene rings is 1. The normalized spacial score (nSPS) is 19.3. The number of alkyl halides is 1. The van der Waals surface area contributed by atoms with Crippen molar-refractivity contribution in [2.24, 2.45) is 18.7 Å². The van der Waals surface area contributed by atoms with Crippen molar-refractivity contribution >= 4 is 34.1 Å². The monoisotopic (exact) mass is 589 g/mol. The van der Waals surface area contributed by atoms with Gasteiger partial charge in [0.1, 0.15) is 24.0 Å². The molecule has 7 rings (SSSR count). The second kappa shape index (κ2) is 10.8. The number of nitrogens with zero attached hydrogens (tertiary/aromatic N) is 6. The average molecular weight is 590 g/mol. The number of fused-ring (bicyclic) bond motifs is 3. The van der Waals surface area contributed by atoms with Crippen molar-refractivity contribution < 1.29 is 23.5 Å². The molecule has 43 heavy (non-hydrogen) atoms. The zero-order chi connectivity index (χ0) is 29.8. The standard InChI is InChI=1S/C31H36FN7O4/c1-36-28-24(13-22-23(34-28)9-11-37(30(22)40)16-20(33)14-32)35-29(36)25-12-19-4-3-5-26(27(19)39(25)15-18-6-7-18)43-21-8-10-38(17-21)31(41)42-2/h3-5,12-13,18,20-21H,6-11,14-17,33H2,1-2H3/t20-,21-/m1/s1. The van der Waals surface area contributed by atoms with Crippen LogP contribution in [0.2, 0.25) is 0 Å². The van der Waals surface area contributed by atoms with Crippen LogP contribution in [0.25, 0.3) is 33.6 Å². The number of likely N-dealkylation sites (tertiary alicyclic amines) is 1. The van der Waals surface area contributed by atoms with Gasteiger partial charge in [-0.05, 0) is 37.0 Å². The summed E-state index contributed by atoms with van der Waals surface area (Å²) >= 11 is 0. The molecule has 2 atom stereocenters. The smallest absolute Gasteiger partial charge is 0.409 e. The lowest BCUT2D eigenvalue weighted by molar-refractivity contribution is 0.0723. The maximum Gasteiger partial charge on any atom is 0.409 e. The highest BCUT2D eigenvalue weighted by Crippen LogP contribution is 2.40. The van der Waals surface area contributed by atoms with Gasteiger partial charge in [-0.15, -0.1) is 0 Å². The minimum Gasteiger partial charge on any atom is -0.486 e. The first kappa shape index (κ1) is 27.6. The lowest BCUT2D eigenvalue weighted by atomic mass is 10.0. The van der Waals surface area contributed by atoms with E-state index >= 15 is 0 Å². The second-order valence-corrected chi connectivity index (χ2v) is 12.0. The molecule has 12 heteroatoms. The first-order valence-corrected chi connectivity index (χ1v) is 14.9. The molecule has 0 radical (unpaired) electrons. The predicted molar refractivity (Wildman–Crippen MR) is 159 cm³/mol. The molecule has 1 aliphatic carbocycles. The molecule has 0 bridgehead atoms. The Bertz CT molecular complexity index is 1730. The van der Waals surface area contributed by atoms with E-state index in [1.165, 1.54) is 20.0 Å². The number of aryl methyl sites for hydroxylation is 1. The van der Waals surface area contributed by atoms with E-state index in [-0.39, 0.29) is 24.6 Å². The molecular weight excluding hydrogens is 553 g/mol. The van der Waals surface area contributed by atoms with Crippen LogP contribution >= 0.6 is 0 Å². The van der Waals surface area contributed by atoms with E-state index in [4.69, 9.17) is 25.2 Å². The number of methoxy groups -OCH3 is 1. The summed E-state index contributed by atoms with van der Waals surface area (Å²) in [5.41, 5.74) is 10.3. The number of rotatable bonds is 8. The number of aromatic nitrogens is 4. The van der Waals surface area contributed by atoms with E-state index in [1.807, 2.05) is 29.8 Å². The topological polar surface area (TPSA) is 121 Å². The molecule has 4 aromatic rings. The SMILES string of the molecule is COC(=O)N1CC[C@@H](Oc2cccc3cc(-c4nc5cc6c(nc5n4C)CCN(C[C@H](N)CF)C6=O)n(CC4CC4)c23)C1. The molecule has 226 valence electrons. The Morgan fingerprint density at radius 2 is 2.02 bits per heavy atom. The lowest BCUT2D eigenvalue weighted by Crippen LogP contribution is -2.45. The maximum absolute atomic E-state index is 13.3. The molecule has 1 saturated carbocycles. The fourth-order valence-corrected chi connectivity index (χ4v) is 6.39. The summed E-state index contributed by atoms with van der Waals surface area (Å²) in [6, 6.07) is 9.32. The number of pyridine rings is 1. The summed E-state index contributed by atoms with van der Waals surface area (Å²) in [6.45, 7) is 1.88. The Morgan fingerprint density at radius 1 is 1.19 bits per heavy atom. The van der Waals surface area contributed by atoms with Gasteiger partial charge in [0.25, 0.3) is 5.91 Å². The van der Waals surface area contributed by atoms with E-state index in [2.05, 4.69) is 16.7 Å². The molecule has 0 unspecified atom stereocenters. The van der Waals surface area contributed by atoms with E-state index in [1.54, 1.807) is 9.80 Å². The van der Waals surface area contributed by atoms with E-state index in [9.17, 15) is 14.0 Å². The molecule has 2 amide bonds. The van der Waals surface area contributed by atoms with Gasteiger partial charge in [0, 0.05) is 51.5 Å². The van der Waals surface area contributed by atoms with E-state index in [0.29, 0.717) is 48.7 Å². The minimum absolute atomic E-state index is 0.125. The van der Waals surface area contributed by atoms with Crippen molar-refractivity contribution in [2.45, 2.75) is 44.4 Å². The summed E-state index contributed by atoms with van der Waals surface area (Å²) in [6.07, 6.45) is 3.21. The fourth-order valence-electron chi connectivity index (χ4n) is 6.39. The van der Waals surface area contributed by atoms with E-state index in [0.717, 1.165) is 46.8 Å². The van der Waals surface area contributed by atoms with Crippen molar-refractivity contribution in [3.63, 3.8) is 0 Å².